The van der Waals surface area contributed by atoms with Crippen molar-refractivity contribution < 1.29 is 14.7 Å². The summed E-state index contributed by atoms with van der Waals surface area (Å²) in [6.07, 6.45) is 9.07. The Bertz CT molecular complexity index is 364. The summed E-state index contributed by atoms with van der Waals surface area (Å²) in [5.74, 6) is 0.565. The zero-order valence-corrected chi connectivity index (χ0v) is 11.4. The molecule has 3 rings (SSSR count). The fourth-order valence-corrected chi connectivity index (χ4v) is 4.30. The van der Waals surface area contributed by atoms with Gasteiger partial charge in [0.1, 0.15) is 6.54 Å². The van der Waals surface area contributed by atoms with Crippen LogP contribution in [0.5, 0.6) is 0 Å². The van der Waals surface area contributed by atoms with E-state index in [2.05, 4.69) is 0 Å². The Morgan fingerprint density at radius 3 is 2.00 bits per heavy atom. The average Bonchev–Trinajstić information content (AvgIpc) is 2.86. The molecule has 0 aliphatic heterocycles. The molecule has 1 N–H and O–H groups in total. The molecule has 0 saturated heterocycles. The van der Waals surface area contributed by atoms with Gasteiger partial charge in [0.25, 0.3) is 0 Å². The average molecular weight is 265 g/mol. The number of hydrogen-bond acceptors (Lipinski definition) is 2. The number of carboxylic acids is 1. The maximum Gasteiger partial charge on any atom is 0.323 e. The molecular weight excluding hydrogens is 242 g/mol. The number of amides is 1. The molecule has 19 heavy (non-hydrogen) atoms. The van der Waals surface area contributed by atoms with Crippen LogP contribution in [0.1, 0.15) is 51.4 Å². The standard InChI is InChI=1S/C15H23NO3/c17-13(18)9-16(10-5-1-2-6-10)15(19)14-11-7-3-4-8-12(11)14/h10-12,14H,1-9H2,(H,17,18). The zero-order valence-electron chi connectivity index (χ0n) is 11.4. The molecule has 0 heterocycles. The lowest BCUT2D eigenvalue weighted by Gasteiger charge is -2.27. The molecule has 0 aromatic rings. The first kappa shape index (κ1) is 12.9. The van der Waals surface area contributed by atoms with Crippen molar-refractivity contribution in [1.29, 1.82) is 0 Å². The van der Waals surface area contributed by atoms with Crippen LogP contribution in [0.15, 0.2) is 0 Å². The van der Waals surface area contributed by atoms with E-state index in [-0.39, 0.29) is 24.4 Å². The van der Waals surface area contributed by atoms with E-state index in [9.17, 15) is 9.59 Å². The quantitative estimate of drug-likeness (QED) is 0.848. The summed E-state index contributed by atoms with van der Waals surface area (Å²) in [5.41, 5.74) is 0. The van der Waals surface area contributed by atoms with Crippen molar-refractivity contribution in [3.05, 3.63) is 0 Å². The molecule has 3 fully saturated rings. The van der Waals surface area contributed by atoms with E-state index in [4.69, 9.17) is 5.11 Å². The van der Waals surface area contributed by atoms with Crippen molar-refractivity contribution in [2.45, 2.75) is 57.4 Å². The Morgan fingerprint density at radius 1 is 0.947 bits per heavy atom. The van der Waals surface area contributed by atoms with Gasteiger partial charge in [0.15, 0.2) is 0 Å². The largest absolute Gasteiger partial charge is 0.480 e. The summed E-state index contributed by atoms with van der Waals surface area (Å²) in [6, 6.07) is 0.186. The minimum Gasteiger partial charge on any atom is -0.480 e. The highest BCUT2D eigenvalue weighted by Crippen LogP contribution is 2.56. The number of nitrogens with zero attached hydrogens (tertiary/aromatic N) is 1. The van der Waals surface area contributed by atoms with Gasteiger partial charge in [-0.15, -0.1) is 0 Å². The number of carboxylic acid groups (broad SMARTS) is 1. The van der Waals surface area contributed by atoms with Gasteiger partial charge in [-0.25, -0.2) is 0 Å². The van der Waals surface area contributed by atoms with Gasteiger partial charge < -0.3 is 10.0 Å². The number of carbonyl (C=O) groups is 2. The molecule has 3 saturated carbocycles. The predicted molar refractivity (Wildman–Crippen MR) is 70.5 cm³/mol. The maximum absolute atomic E-state index is 12.7. The molecule has 4 heteroatoms. The number of carbonyl (C=O) groups excluding carboxylic acids is 1. The van der Waals surface area contributed by atoms with Crippen molar-refractivity contribution in [1.82, 2.24) is 4.90 Å². The van der Waals surface area contributed by atoms with Gasteiger partial charge in [0.2, 0.25) is 5.91 Å². The molecule has 0 spiro atoms. The molecule has 106 valence electrons. The summed E-state index contributed by atoms with van der Waals surface area (Å²) in [7, 11) is 0. The SMILES string of the molecule is O=C(O)CN(C(=O)C1C2CCCCC21)C1CCCC1. The van der Waals surface area contributed by atoms with Crippen molar-refractivity contribution in [2.24, 2.45) is 17.8 Å². The van der Waals surface area contributed by atoms with Crippen LogP contribution in [0.4, 0.5) is 0 Å². The van der Waals surface area contributed by atoms with Crippen LogP contribution in [0.2, 0.25) is 0 Å². The van der Waals surface area contributed by atoms with Crippen molar-refractivity contribution >= 4 is 11.9 Å². The van der Waals surface area contributed by atoms with E-state index in [1.54, 1.807) is 4.90 Å². The predicted octanol–water partition coefficient (Wildman–Crippen LogP) is 2.28. The van der Waals surface area contributed by atoms with Crippen LogP contribution in [-0.4, -0.2) is 34.5 Å². The van der Waals surface area contributed by atoms with Crippen LogP contribution >= 0.6 is 0 Å². The van der Waals surface area contributed by atoms with Crippen LogP contribution in [0.25, 0.3) is 0 Å². The normalized spacial score (nSPS) is 33.8. The van der Waals surface area contributed by atoms with Gasteiger partial charge in [-0.2, -0.15) is 0 Å². The molecule has 1 amide bonds. The second-order valence-corrected chi connectivity index (χ2v) is 6.44. The van der Waals surface area contributed by atoms with Crippen LogP contribution in [0, 0.1) is 17.8 Å². The summed E-state index contributed by atoms with van der Waals surface area (Å²) in [4.78, 5) is 25.4. The topological polar surface area (TPSA) is 57.6 Å². The smallest absolute Gasteiger partial charge is 0.323 e. The minimum atomic E-state index is -0.871. The third kappa shape index (κ3) is 2.49. The van der Waals surface area contributed by atoms with E-state index in [0.29, 0.717) is 11.8 Å². The summed E-state index contributed by atoms with van der Waals surface area (Å²) < 4.78 is 0. The Kier molecular flexibility index (Phi) is 3.50. The van der Waals surface area contributed by atoms with Crippen LogP contribution in [-0.2, 0) is 9.59 Å². The van der Waals surface area contributed by atoms with Gasteiger partial charge in [0, 0.05) is 12.0 Å². The van der Waals surface area contributed by atoms with Crippen LogP contribution in [0.3, 0.4) is 0 Å². The van der Waals surface area contributed by atoms with Gasteiger partial charge in [0.05, 0.1) is 0 Å². The Morgan fingerprint density at radius 2 is 1.47 bits per heavy atom. The maximum atomic E-state index is 12.7. The molecule has 4 nitrogen and oxygen atoms in total. The molecule has 2 atom stereocenters. The van der Waals surface area contributed by atoms with Gasteiger partial charge in [-0.3, -0.25) is 9.59 Å². The first-order valence-corrected chi connectivity index (χ1v) is 7.71. The Hall–Kier alpha value is -1.06. The highest BCUT2D eigenvalue weighted by atomic mass is 16.4. The number of fused-ring (bicyclic) bond motifs is 1. The van der Waals surface area contributed by atoms with E-state index < -0.39 is 5.97 Å². The number of rotatable bonds is 4. The lowest BCUT2D eigenvalue weighted by Crippen LogP contribution is -2.43. The van der Waals surface area contributed by atoms with Crippen LogP contribution < -0.4 is 0 Å². The first-order chi connectivity index (χ1) is 9.18. The lowest BCUT2D eigenvalue weighted by molar-refractivity contribution is -0.147. The van der Waals surface area contributed by atoms with Crippen molar-refractivity contribution in [3.63, 3.8) is 0 Å². The third-order valence-corrected chi connectivity index (χ3v) is 5.30. The summed E-state index contributed by atoms with van der Waals surface area (Å²) in [6.45, 7) is -0.0978. The number of aliphatic carboxylic acids is 1. The minimum absolute atomic E-state index is 0.0978. The molecule has 0 aromatic carbocycles. The molecular formula is C15H23NO3. The van der Waals surface area contributed by atoms with Gasteiger partial charge in [-0.05, 0) is 37.5 Å². The molecule has 0 aromatic heterocycles. The Labute approximate surface area is 114 Å². The first-order valence-electron chi connectivity index (χ1n) is 7.71. The van der Waals surface area contributed by atoms with Gasteiger partial charge in [-0.1, -0.05) is 25.7 Å². The fraction of sp³-hybridized carbons (Fsp3) is 0.867. The highest BCUT2D eigenvalue weighted by molar-refractivity contribution is 5.86. The molecule has 0 radical (unpaired) electrons. The second-order valence-electron chi connectivity index (χ2n) is 6.44. The van der Waals surface area contributed by atoms with E-state index >= 15 is 0 Å². The van der Waals surface area contributed by atoms with E-state index in [1.807, 2.05) is 0 Å². The monoisotopic (exact) mass is 265 g/mol. The molecule has 3 aliphatic carbocycles. The molecule has 0 bridgehead atoms. The second kappa shape index (κ2) is 5.14. The third-order valence-electron chi connectivity index (χ3n) is 5.30. The fourth-order valence-electron chi connectivity index (χ4n) is 4.30. The summed E-state index contributed by atoms with van der Waals surface area (Å²) in [5, 5.41) is 9.06. The van der Waals surface area contributed by atoms with Crippen molar-refractivity contribution in [2.75, 3.05) is 6.54 Å². The van der Waals surface area contributed by atoms with E-state index in [0.717, 1.165) is 25.7 Å². The van der Waals surface area contributed by atoms with Gasteiger partial charge >= 0.3 is 5.97 Å². The molecule has 2 unspecified atom stereocenters. The number of hydrogen-bond donors (Lipinski definition) is 1. The molecule has 3 aliphatic rings. The highest BCUT2D eigenvalue weighted by Gasteiger charge is 2.56. The van der Waals surface area contributed by atoms with Crippen molar-refractivity contribution in [3.8, 4) is 0 Å². The van der Waals surface area contributed by atoms with E-state index in [1.165, 1.54) is 25.7 Å². The summed E-state index contributed by atoms with van der Waals surface area (Å²) >= 11 is 0. The zero-order chi connectivity index (χ0) is 13.4. The lowest BCUT2D eigenvalue weighted by atomic mass is 10.0. The Balaban J connectivity index is 1.68.